The van der Waals surface area contributed by atoms with Crippen LogP contribution in [0.2, 0.25) is 0 Å². The number of benzene rings is 1. The number of hydrogen-bond acceptors (Lipinski definition) is 3. The molecular formula is C13H21NO2. The molecule has 1 rings (SSSR count). The fourth-order valence-corrected chi connectivity index (χ4v) is 1.49. The lowest BCUT2D eigenvalue weighted by molar-refractivity contribution is 0.106. The van der Waals surface area contributed by atoms with Gasteiger partial charge in [-0.25, -0.2) is 0 Å². The second kappa shape index (κ2) is 7.25. The molecule has 0 aliphatic heterocycles. The minimum Gasteiger partial charge on any atom is -0.491 e. The van der Waals surface area contributed by atoms with Crippen LogP contribution in [0.3, 0.4) is 0 Å². The average molecular weight is 223 g/mol. The van der Waals surface area contributed by atoms with Gasteiger partial charge in [0.2, 0.25) is 0 Å². The van der Waals surface area contributed by atoms with Gasteiger partial charge in [-0.2, -0.15) is 0 Å². The fraction of sp³-hybridized carbons (Fsp3) is 0.538. The SMILES string of the molecule is CCNCC(O)COc1ccccc1CC. The Labute approximate surface area is 97.4 Å². The Morgan fingerprint density at radius 1 is 1.31 bits per heavy atom. The summed E-state index contributed by atoms with van der Waals surface area (Å²) in [6, 6.07) is 7.94. The van der Waals surface area contributed by atoms with Crippen molar-refractivity contribution in [3.05, 3.63) is 29.8 Å². The quantitative estimate of drug-likeness (QED) is 0.737. The summed E-state index contributed by atoms with van der Waals surface area (Å²) >= 11 is 0. The molecule has 0 aliphatic rings. The Balaban J connectivity index is 2.41. The predicted octanol–water partition coefficient (Wildman–Crippen LogP) is 1.60. The number of likely N-dealkylation sites (N-methyl/N-ethyl adjacent to an activating group) is 1. The van der Waals surface area contributed by atoms with Gasteiger partial charge in [0.25, 0.3) is 0 Å². The Bertz CT molecular complexity index is 302. The summed E-state index contributed by atoms with van der Waals surface area (Å²) in [4.78, 5) is 0. The zero-order valence-electron chi connectivity index (χ0n) is 10.1. The van der Waals surface area contributed by atoms with Crippen molar-refractivity contribution in [1.29, 1.82) is 0 Å². The van der Waals surface area contributed by atoms with Crippen molar-refractivity contribution in [3.8, 4) is 5.75 Å². The van der Waals surface area contributed by atoms with E-state index in [1.807, 2.05) is 31.2 Å². The van der Waals surface area contributed by atoms with Crippen molar-refractivity contribution >= 4 is 0 Å². The van der Waals surface area contributed by atoms with Crippen LogP contribution in [0.25, 0.3) is 0 Å². The molecule has 0 saturated carbocycles. The molecule has 0 spiro atoms. The van der Waals surface area contributed by atoms with E-state index in [0.29, 0.717) is 13.2 Å². The summed E-state index contributed by atoms with van der Waals surface area (Å²) in [5, 5.41) is 12.7. The summed E-state index contributed by atoms with van der Waals surface area (Å²) in [5.74, 6) is 0.876. The van der Waals surface area contributed by atoms with E-state index in [1.165, 1.54) is 5.56 Å². The summed E-state index contributed by atoms with van der Waals surface area (Å²) in [5.41, 5.74) is 1.18. The highest BCUT2D eigenvalue weighted by Crippen LogP contribution is 2.18. The normalized spacial score (nSPS) is 12.4. The zero-order chi connectivity index (χ0) is 11.8. The molecule has 3 heteroatoms. The topological polar surface area (TPSA) is 41.5 Å². The molecule has 1 unspecified atom stereocenters. The molecule has 3 nitrogen and oxygen atoms in total. The van der Waals surface area contributed by atoms with Crippen LogP contribution >= 0.6 is 0 Å². The van der Waals surface area contributed by atoms with Gasteiger partial charge in [0.05, 0.1) is 0 Å². The highest BCUT2D eigenvalue weighted by atomic mass is 16.5. The zero-order valence-corrected chi connectivity index (χ0v) is 10.1. The lowest BCUT2D eigenvalue weighted by Gasteiger charge is -2.14. The first kappa shape index (κ1) is 13.0. The Hall–Kier alpha value is -1.06. The van der Waals surface area contributed by atoms with Crippen LogP contribution in [0, 0.1) is 0 Å². The van der Waals surface area contributed by atoms with E-state index >= 15 is 0 Å². The first-order valence-electron chi connectivity index (χ1n) is 5.87. The second-order valence-corrected chi connectivity index (χ2v) is 3.73. The van der Waals surface area contributed by atoms with Crippen LogP contribution in [-0.4, -0.2) is 30.9 Å². The van der Waals surface area contributed by atoms with Gasteiger partial charge < -0.3 is 15.2 Å². The van der Waals surface area contributed by atoms with Crippen molar-refractivity contribution in [3.63, 3.8) is 0 Å². The highest BCUT2D eigenvalue weighted by Gasteiger charge is 2.06. The van der Waals surface area contributed by atoms with E-state index < -0.39 is 6.10 Å². The van der Waals surface area contributed by atoms with E-state index in [9.17, 15) is 5.11 Å². The molecule has 0 heterocycles. The number of aryl methyl sites for hydroxylation is 1. The van der Waals surface area contributed by atoms with Crippen molar-refractivity contribution in [2.24, 2.45) is 0 Å². The maximum absolute atomic E-state index is 9.62. The van der Waals surface area contributed by atoms with E-state index in [1.54, 1.807) is 0 Å². The summed E-state index contributed by atoms with van der Waals surface area (Å²) in [6.45, 7) is 5.88. The van der Waals surface area contributed by atoms with Gasteiger partial charge >= 0.3 is 0 Å². The van der Waals surface area contributed by atoms with E-state index in [4.69, 9.17) is 4.74 Å². The van der Waals surface area contributed by atoms with Crippen LogP contribution in [0.15, 0.2) is 24.3 Å². The van der Waals surface area contributed by atoms with Crippen molar-refractivity contribution in [1.82, 2.24) is 5.32 Å². The third kappa shape index (κ3) is 4.21. The molecule has 1 aromatic carbocycles. The average Bonchev–Trinajstić information content (AvgIpc) is 2.34. The third-order valence-electron chi connectivity index (χ3n) is 2.41. The number of nitrogens with one attached hydrogen (secondary N) is 1. The van der Waals surface area contributed by atoms with Crippen LogP contribution < -0.4 is 10.1 Å². The molecular weight excluding hydrogens is 202 g/mol. The van der Waals surface area contributed by atoms with Crippen LogP contribution in [0.5, 0.6) is 5.75 Å². The summed E-state index contributed by atoms with van der Waals surface area (Å²) in [7, 11) is 0. The molecule has 90 valence electrons. The van der Waals surface area contributed by atoms with Crippen LogP contribution in [0.4, 0.5) is 0 Å². The maximum atomic E-state index is 9.62. The van der Waals surface area contributed by atoms with Gasteiger partial charge in [-0.1, -0.05) is 32.0 Å². The van der Waals surface area contributed by atoms with Gasteiger partial charge in [-0.3, -0.25) is 0 Å². The molecule has 16 heavy (non-hydrogen) atoms. The van der Waals surface area contributed by atoms with Crippen molar-refractivity contribution < 1.29 is 9.84 Å². The van der Waals surface area contributed by atoms with E-state index in [0.717, 1.165) is 18.7 Å². The minimum atomic E-state index is -0.454. The lowest BCUT2D eigenvalue weighted by Crippen LogP contribution is -2.31. The molecule has 0 radical (unpaired) electrons. The molecule has 0 bridgehead atoms. The number of rotatable bonds is 7. The predicted molar refractivity (Wildman–Crippen MR) is 65.9 cm³/mol. The molecule has 1 atom stereocenters. The molecule has 0 aliphatic carbocycles. The van der Waals surface area contributed by atoms with Gasteiger partial charge in [-0.05, 0) is 24.6 Å². The molecule has 0 aromatic heterocycles. The van der Waals surface area contributed by atoms with Gasteiger partial charge in [-0.15, -0.1) is 0 Å². The summed E-state index contributed by atoms with van der Waals surface area (Å²) in [6.07, 6.45) is 0.490. The second-order valence-electron chi connectivity index (χ2n) is 3.73. The number of para-hydroxylation sites is 1. The van der Waals surface area contributed by atoms with Crippen molar-refractivity contribution in [2.45, 2.75) is 26.4 Å². The number of aliphatic hydroxyl groups is 1. The first-order chi connectivity index (χ1) is 7.77. The summed E-state index contributed by atoms with van der Waals surface area (Å²) < 4.78 is 5.60. The monoisotopic (exact) mass is 223 g/mol. The highest BCUT2D eigenvalue weighted by molar-refractivity contribution is 5.33. The standard InChI is InChI=1S/C13H21NO2/c1-3-11-7-5-6-8-13(11)16-10-12(15)9-14-4-2/h5-8,12,14-15H,3-4,9-10H2,1-2H3. The molecule has 0 fully saturated rings. The van der Waals surface area contributed by atoms with Crippen LogP contribution in [-0.2, 0) is 6.42 Å². The van der Waals surface area contributed by atoms with Crippen LogP contribution in [0.1, 0.15) is 19.4 Å². The van der Waals surface area contributed by atoms with E-state index in [2.05, 4.69) is 12.2 Å². The number of ether oxygens (including phenoxy) is 1. The lowest BCUT2D eigenvalue weighted by atomic mass is 10.1. The fourth-order valence-electron chi connectivity index (χ4n) is 1.49. The molecule has 0 saturated heterocycles. The van der Waals surface area contributed by atoms with Crippen molar-refractivity contribution in [2.75, 3.05) is 19.7 Å². The number of hydrogen-bond donors (Lipinski definition) is 2. The molecule has 2 N–H and O–H groups in total. The smallest absolute Gasteiger partial charge is 0.122 e. The van der Waals surface area contributed by atoms with Gasteiger partial charge in [0.1, 0.15) is 18.5 Å². The Morgan fingerprint density at radius 2 is 2.06 bits per heavy atom. The van der Waals surface area contributed by atoms with Gasteiger partial charge in [0, 0.05) is 6.54 Å². The number of aliphatic hydroxyl groups excluding tert-OH is 1. The Kier molecular flexibility index (Phi) is 5.90. The maximum Gasteiger partial charge on any atom is 0.122 e. The largest absolute Gasteiger partial charge is 0.491 e. The minimum absolute atomic E-state index is 0.337. The first-order valence-corrected chi connectivity index (χ1v) is 5.87. The van der Waals surface area contributed by atoms with Gasteiger partial charge in [0.15, 0.2) is 0 Å². The Morgan fingerprint density at radius 3 is 2.75 bits per heavy atom. The van der Waals surface area contributed by atoms with E-state index in [-0.39, 0.29) is 0 Å². The molecule has 0 amide bonds. The molecule has 1 aromatic rings. The third-order valence-corrected chi connectivity index (χ3v) is 2.41.